The minimum Gasteiger partial charge on any atom is -0.389 e. The lowest BCUT2D eigenvalue weighted by Gasteiger charge is -2.31. The van der Waals surface area contributed by atoms with Gasteiger partial charge < -0.3 is 15.3 Å². The molecule has 2 N–H and O–H groups in total. The van der Waals surface area contributed by atoms with Crippen molar-refractivity contribution in [3.63, 3.8) is 0 Å². The smallest absolute Gasteiger partial charge is 0.222 e. The van der Waals surface area contributed by atoms with E-state index in [-0.39, 0.29) is 12.3 Å². The van der Waals surface area contributed by atoms with E-state index in [2.05, 4.69) is 17.3 Å². The topological polar surface area (TPSA) is 52.6 Å². The minimum absolute atomic E-state index is 0.00854. The predicted molar refractivity (Wildman–Crippen MR) is 80.5 cm³/mol. The van der Waals surface area contributed by atoms with Crippen LogP contribution in [-0.2, 0) is 4.79 Å². The highest BCUT2D eigenvalue weighted by Crippen LogP contribution is 2.30. The molecule has 0 saturated heterocycles. The highest BCUT2D eigenvalue weighted by Gasteiger charge is 2.31. The Balaban J connectivity index is 1.62. The number of nitrogens with one attached hydrogen (secondary N) is 1. The maximum Gasteiger partial charge on any atom is 0.222 e. The molecule has 4 nitrogen and oxygen atoms in total. The van der Waals surface area contributed by atoms with Crippen molar-refractivity contribution in [2.45, 2.75) is 75.9 Å². The molecule has 0 aliphatic heterocycles. The normalized spacial score (nSPS) is 23.1. The Morgan fingerprint density at radius 3 is 2.50 bits per heavy atom. The zero-order chi connectivity index (χ0) is 14.4. The Morgan fingerprint density at radius 2 is 1.85 bits per heavy atom. The van der Waals surface area contributed by atoms with Gasteiger partial charge in [-0.1, -0.05) is 32.1 Å². The molecule has 0 radical (unpaired) electrons. The lowest BCUT2D eigenvalue weighted by Crippen LogP contribution is -2.41. The lowest BCUT2D eigenvalue weighted by atomic mass is 9.82. The van der Waals surface area contributed by atoms with Gasteiger partial charge in [0.15, 0.2) is 0 Å². The molecule has 0 bridgehead atoms. The second-order valence-electron chi connectivity index (χ2n) is 6.73. The molecular weight excluding hydrogens is 252 g/mol. The monoisotopic (exact) mass is 282 g/mol. The first-order valence-corrected chi connectivity index (χ1v) is 8.28. The van der Waals surface area contributed by atoms with E-state index in [1.165, 1.54) is 32.1 Å². The third-order valence-corrected chi connectivity index (χ3v) is 5.01. The summed E-state index contributed by atoms with van der Waals surface area (Å²) in [5.41, 5.74) is -0.736. The van der Waals surface area contributed by atoms with Gasteiger partial charge in [0, 0.05) is 19.1 Å². The molecule has 0 heterocycles. The van der Waals surface area contributed by atoms with Crippen molar-refractivity contribution in [1.82, 2.24) is 10.2 Å². The molecule has 0 spiro atoms. The second kappa shape index (κ2) is 7.41. The summed E-state index contributed by atoms with van der Waals surface area (Å²) < 4.78 is 0. The Bertz CT molecular complexity index is 308. The van der Waals surface area contributed by atoms with Crippen molar-refractivity contribution >= 4 is 5.91 Å². The van der Waals surface area contributed by atoms with Crippen LogP contribution >= 0.6 is 0 Å². The van der Waals surface area contributed by atoms with E-state index in [9.17, 15) is 9.90 Å². The van der Waals surface area contributed by atoms with Crippen LogP contribution in [-0.4, -0.2) is 47.7 Å². The molecule has 116 valence electrons. The van der Waals surface area contributed by atoms with E-state index in [1.807, 2.05) is 0 Å². The summed E-state index contributed by atoms with van der Waals surface area (Å²) in [4.78, 5) is 14.3. The largest absolute Gasteiger partial charge is 0.389 e. The quantitative estimate of drug-likeness (QED) is 0.784. The number of carbonyl (C=O) groups is 1. The number of likely N-dealkylation sites (N-methyl/N-ethyl adjacent to an activating group) is 1. The molecule has 0 aromatic carbocycles. The first-order valence-electron chi connectivity index (χ1n) is 8.28. The molecule has 2 fully saturated rings. The Labute approximate surface area is 122 Å². The maximum absolute atomic E-state index is 11.9. The summed E-state index contributed by atoms with van der Waals surface area (Å²) in [6.07, 6.45) is 10.4. The van der Waals surface area contributed by atoms with E-state index in [0.29, 0.717) is 12.6 Å². The van der Waals surface area contributed by atoms with Crippen LogP contribution in [0.3, 0.4) is 0 Å². The summed E-state index contributed by atoms with van der Waals surface area (Å²) in [6.45, 7) is 1.61. The van der Waals surface area contributed by atoms with Crippen LogP contribution < -0.4 is 5.32 Å². The van der Waals surface area contributed by atoms with Gasteiger partial charge in [0.05, 0.1) is 12.0 Å². The molecule has 0 aromatic rings. The van der Waals surface area contributed by atoms with Crippen molar-refractivity contribution < 1.29 is 9.90 Å². The fraction of sp³-hybridized carbons (Fsp3) is 0.938. The summed E-state index contributed by atoms with van der Waals surface area (Å²) in [6, 6.07) is 0.703. The number of hydrogen-bond acceptors (Lipinski definition) is 3. The van der Waals surface area contributed by atoms with Crippen LogP contribution in [0.4, 0.5) is 0 Å². The number of carbonyl (C=O) groups excluding carboxylic acids is 1. The standard InChI is InChI=1S/C16H30N2O2/c1-18(14-7-3-4-8-14)12-11-17-15(19)13-16(20)9-5-2-6-10-16/h14,20H,2-13H2,1H3,(H,17,19). The minimum atomic E-state index is -0.736. The summed E-state index contributed by atoms with van der Waals surface area (Å²) in [7, 11) is 2.15. The Hall–Kier alpha value is -0.610. The van der Waals surface area contributed by atoms with E-state index in [4.69, 9.17) is 0 Å². The Kier molecular flexibility index (Phi) is 5.85. The SMILES string of the molecule is CN(CCNC(=O)CC1(O)CCCCC1)C1CCCC1. The molecular formula is C16H30N2O2. The summed E-state index contributed by atoms with van der Waals surface area (Å²) in [5, 5.41) is 13.3. The van der Waals surface area contributed by atoms with Crippen LogP contribution in [0.2, 0.25) is 0 Å². The molecule has 0 unspecified atom stereocenters. The number of amides is 1. The average Bonchev–Trinajstić information content (AvgIpc) is 2.92. The molecule has 0 atom stereocenters. The van der Waals surface area contributed by atoms with E-state index >= 15 is 0 Å². The fourth-order valence-corrected chi connectivity index (χ4v) is 3.65. The molecule has 2 saturated carbocycles. The highest BCUT2D eigenvalue weighted by molar-refractivity contribution is 5.77. The van der Waals surface area contributed by atoms with Crippen molar-refractivity contribution in [1.29, 1.82) is 0 Å². The van der Waals surface area contributed by atoms with Gasteiger partial charge in [0.2, 0.25) is 5.91 Å². The molecule has 1 amide bonds. The van der Waals surface area contributed by atoms with E-state index in [0.717, 1.165) is 32.2 Å². The van der Waals surface area contributed by atoms with Crippen molar-refractivity contribution in [2.75, 3.05) is 20.1 Å². The molecule has 2 aliphatic carbocycles. The van der Waals surface area contributed by atoms with Gasteiger partial charge in [0.1, 0.15) is 0 Å². The molecule has 20 heavy (non-hydrogen) atoms. The zero-order valence-electron chi connectivity index (χ0n) is 12.9. The van der Waals surface area contributed by atoms with Crippen LogP contribution in [0.25, 0.3) is 0 Å². The second-order valence-corrected chi connectivity index (χ2v) is 6.73. The van der Waals surface area contributed by atoms with Crippen molar-refractivity contribution in [2.24, 2.45) is 0 Å². The summed E-state index contributed by atoms with van der Waals surface area (Å²) >= 11 is 0. The van der Waals surface area contributed by atoms with Crippen molar-refractivity contribution in [3.8, 4) is 0 Å². The molecule has 4 heteroatoms. The van der Waals surface area contributed by atoms with Gasteiger partial charge in [-0.15, -0.1) is 0 Å². The van der Waals surface area contributed by atoms with Crippen LogP contribution in [0.5, 0.6) is 0 Å². The number of nitrogens with zero attached hydrogens (tertiary/aromatic N) is 1. The first-order chi connectivity index (χ1) is 9.59. The fourth-order valence-electron chi connectivity index (χ4n) is 3.65. The lowest BCUT2D eigenvalue weighted by molar-refractivity contribution is -0.127. The predicted octanol–water partition coefficient (Wildman–Crippen LogP) is 2.06. The number of aliphatic hydroxyl groups is 1. The van der Waals surface area contributed by atoms with Crippen LogP contribution in [0, 0.1) is 0 Å². The molecule has 2 rings (SSSR count). The highest BCUT2D eigenvalue weighted by atomic mass is 16.3. The van der Waals surface area contributed by atoms with Crippen LogP contribution in [0.1, 0.15) is 64.2 Å². The van der Waals surface area contributed by atoms with Gasteiger partial charge in [-0.2, -0.15) is 0 Å². The van der Waals surface area contributed by atoms with Gasteiger partial charge in [-0.05, 0) is 32.7 Å². The van der Waals surface area contributed by atoms with Gasteiger partial charge in [0.25, 0.3) is 0 Å². The Morgan fingerprint density at radius 1 is 1.20 bits per heavy atom. The third kappa shape index (κ3) is 4.74. The third-order valence-electron chi connectivity index (χ3n) is 5.01. The van der Waals surface area contributed by atoms with Crippen LogP contribution in [0.15, 0.2) is 0 Å². The van der Waals surface area contributed by atoms with Gasteiger partial charge in [-0.3, -0.25) is 4.79 Å². The zero-order valence-corrected chi connectivity index (χ0v) is 12.9. The van der Waals surface area contributed by atoms with E-state index in [1.54, 1.807) is 0 Å². The van der Waals surface area contributed by atoms with E-state index < -0.39 is 5.60 Å². The van der Waals surface area contributed by atoms with Gasteiger partial charge >= 0.3 is 0 Å². The molecule has 2 aliphatic rings. The summed E-state index contributed by atoms with van der Waals surface area (Å²) in [5.74, 6) is 0.00854. The maximum atomic E-state index is 11.9. The average molecular weight is 282 g/mol. The molecule has 0 aromatic heterocycles. The van der Waals surface area contributed by atoms with Gasteiger partial charge in [-0.25, -0.2) is 0 Å². The first kappa shape index (κ1) is 15.8. The number of rotatable bonds is 6. The van der Waals surface area contributed by atoms with Crippen molar-refractivity contribution in [3.05, 3.63) is 0 Å². The number of hydrogen-bond donors (Lipinski definition) is 2.